The highest BCUT2D eigenvalue weighted by Crippen LogP contribution is 2.42. The molecule has 3 atom stereocenters. The second-order valence-corrected chi connectivity index (χ2v) is 7.26. The fourth-order valence-corrected chi connectivity index (χ4v) is 3.96. The number of phenolic OH excluding ortho intramolecular Hbond substituents is 1. The number of phenols is 1. The second-order valence-electron chi connectivity index (χ2n) is 7.26. The van der Waals surface area contributed by atoms with E-state index < -0.39 is 0 Å². The molecule has 112 valence electrons. The van der Waals surface area contributed by atoms with Crippen molar-refractivity contribution in [3.8, 4) is 5.75 Å². The molecule has 1 aromatic rings. The Morgan fingerprint density at radius 3 is 2.70 bits per heavy atom. The van der Waals surface area contributed by atoms with Gasteiger partial charge in [-0.3, -0.25) is 0 Å². The standard InChI is InChI=1S/C18H29NO/c1-13-8-9-16(17(10-13)19-4)18(2,3)12-14-6-5-7-15(20)11-14/h5-7,11,13,16-17,19-20H,8-10,12H2,1-4H3. The van der Waals surface area contributed by atoms with Crippen molar-refractivity contribution in [3.05, 3.63) is 29.8 Å². The van der Waals surface area contributed by atoms with Crippen LogP contribution in [-0.2, 0) is 6.42 Å². The van der Waals surface area contributed by atoms with Gasteiger partial charge in [0.2, 0.25) is 0 Å². The van der Waals surface area contributed by atoms with Crippen molar-refractivity contribution in [2.45, 2.75) is 52.5 Å². The third kappa shape index (κ3) is 3.54. The minimum atomic E-state index is 0.252. The maximum absolute atomic E-state index is 9.64. The average Bonchev–Trinajstić information content (AvgIpc) is 2.37. The third-order valence-electron chi connectivity index (χ3n) is 5.06. The van der Waals surface area contributed by atoms with Gasteiger partial charge in [0.25, 0.3) is 0 Å². The molecule has 0 amide bonds. The topological polar surface area (TPSA) is 32.3 Å². The number of benzene rings is 1. The van der Waals surface area contributed by atoms with Gasteiger partial charge in [0.1, 0.15) is 5.75 Å². The first-order valence-corrected chi connectivity index (χ1v) is 7.87. The molecule has 1 aliphatic rings. The van der Waals surface area contributed by atoms with Crippen LogP contribution in [0.25, 0.3) is 0 Å². The molecule has 20 heavy (non-hydrogen) atoms. The predicted octanol–water partition coefficient (Wildman–Crippen LogP) is 3.99. The van der Waals surface area contributed by atoms with Crippen LogP contribution in [0.1, 0.15) is 45.6 Å². The van der Waals surface area contributed by atoms with E-state index in [0.29, 0.717) is 17.7 Å². The van der Waals surface area contributed by atoms with Crippen LogP contribution in [0.2, 0.25) is 0 Å². The predicted molar refractivity (Wildman–Crippen MR) is 84.9 cm³/mol. The van der Waals surface area contributed by atoms with E-state index >= 15 is 0 Å². The van der Waals surface area contributed by atoms with Crippen molar-refractivity contribution in [1.29, 1.82) is 0 Å². The molecule has 0 aliphatic heterocycles. The number of rotatable bonds is 4. The molecule has 0 aromatic heterocycles. The van der Waals surface area contributed by atoms with E-state index in [4.69, 9.17) is 0 Å². The van der Waals surface area contributed by atoms with Gasteiger partial charge >= 0.3 is 0 Å². The molecule has 1 fully saturated rings. The summed E-state index contributed by atoms with van der Waals surface area (Å²) in [6.45, 7) is 7.12. The van der Waals surface area contributed by atoms with E-state index in [1.165, 1.54) is 24.8 Å². The number of hydrogen-bond acceptors (Lipinski definition) is 2. The highest BCUT2D eigenvalue weighted by atomic mass is 16.3. The molecule has 2 rings (SSSR count). The van der Waals surface area contributed by atoms with Gasteiger partial charge in [-0.25, -0.2) is 0 Å². The highest BCUT2D eigenvalue weighted by Gasteiger charge is 2.38. The van der Waals surface area contributed by atoms with Crippen molar-refractivity contribution in [2.24, 2.45) is 17.3 Å². The first-order chi connectivity index (χ1) is 9.42. The third-order valence-corrected chi connectivity index (χ3v) is 5.06. The summed E-state index contributed by atoms with van der Waals surface area (Å²) in [5, 5.41) is 13.2. The number of nitrogens with one attached hydrogen (secondary N) is 1. The van der Waals surface area contributed by atoms with Crippen LogP contribution >= 0.6 is 0 Å². The molecule has 0 spiro atoms. The SMILES string of the molecule is CNC1CC(C)CCC1C(C)(C)Cc1cccc(O)c1. The summed E-state index contributed by atoms with van der Waals surface area (Å²) in [5.41, 5.74) is 1.49. The molecule has 1 saturated carbocycles. The van der Waals surface area contributed by atoms with Gasteiger partial charge in [-0.05, 0) is 61.3 Å². The Labute approximate surface area is 123 Å². The van der Waals surface area contributed by atoms with Gasteiger partial charge in [-0.15, -0.1) is 0 Å². The minimum Gasteiger partial charge on any atom is -0.508 e. The number of hydrogen-bond donors (Lipinski definition) is 2. The molecule has 1 aliphatic carbocycles. The van der Waals surface area contributed by atoms with Crippen molar-refractivity contribution < 1.29 is 5.11 Å². The van der Waals surface area contributed by atoms with Crippen molar-refractivity contribution in [2.75, 3.05) is 7.05 Å². The molecule has 0 saturated heterocycles. The first kappa shape index (κ1) is 15.4. The Bertz CT molecular complexity index is 441. The molecule has 1 aromatic carbocycles. The summed E-state index contributed by atoms with van der Waals surface area (Å²) in [4.78, 5) is 0. The second kappa shape index (κ2) is 6.17. The lowest BCUT2D eigenvalue weighted by atomic mass is 9.64. The number of aromatic hydroxyl groups is 1. The van der Waals surface area contributed by atoms with Gasteiger partial charge in [0.05, 0.1) is 0 Å². The van der Waals surface area contributed by atoms with Crippen LogP contribution in [0.3, 0.4) is 0 Å². The summed E-state index contributed by atoms with van der Waals surface area (Å²) < 4.78 is 0. The quantitative estimate of drug-likeness (QED) is 0.871. The molecular formula is C18H29NO. The van der Waals surface area contributed by atoms with Crippen LogP contribution in [0.15, 0.2) is 24.3 Å². The molecule has 2 nitrogen and oxygen atoms in total. The summed E-state index contributed by atoms with van der Waals surface area (Å²) in [6.07, 6.45) is 4.95. The zero-order valence-electron chi connectivity index (χ0n) is 13.3. The zero-order chi connectivity index (χ0) is 14.8. The van der Waals surface area contributed by atoms with Crippen LogP contribution in [-0.4, -0.2) is 18.2 Å². The van der Waals surface area contributed by atoms with Crippen LogP contribution in [0.5, 0.6) is 5.75 Å². The summed E-state index contributed by atoms with van der Waals surface area (Å²) >= 11 is 0. The van der Waals surface area contributed by atoms with Gasteiger partial charge in [-0.2, -0.15) is 0 Å². The van der Waals surface area contributed by atoms with Crippen LogP contribution in [0.4, 0.5) is 0 Å². The van der Waals surface area contributed by atoms with Gasteiger partial charge in [0, 0.05) is 6.04 Å². The maximum atomic E-state index is 9.64. The Morgan fingerprint density at radius 1 is 1.30 bits per heavy atom. The van der Waals surface area contributed by atoms with E-state index in [1.807, 2.05) is 12.1 Å². The molecule has 0 heterocycles. The normalized spacial score (nSPS) is 27.5. The molecule has 2 N–H and O–H groups in total. The van der Waals surface area contributed by atoms with E-state index in [0.717, 1.165) is 12.3 Å². The lowest BCUT2D eigenvalue weighted by molar-refractivity contribution is 0.0980. The van der Waals surface area contributed by atoms with Crippen molar-refractivity contribution in [1.82, 2.24) is 5.32 Å². The van der Waals surface area contributed by atoms with Crippen molar-refractivity contribution >= 4 is 0 Å². The zero-order valence-corrected chi connectivity index (χ0v) is 13.3. The molecule has 2 heteroatoms. The fraction of sp³-hybridized carbons (Fsp3) is 0.667. The molecule has 0 radical (unpaired) electrons. The monoisotopic (exact) mass is 275 g/mol. The summed E-state index contributed by atoms with van der Waals surface area (Å²) in [5.74, 6) is 1.91. The van der Waals surface area contributed by atoms with E-state index in [2.05, 4.69) is 39.2 Å². The Kier molecular flexibility index (Phi) is 4.74. The summed E-state index contributed by atoms with van der Waals surface area (Å²) in [6, 6.07) is 8.34. The lowest BCUT2D eigenvalue weighted by Crippen LogP contribution is -2.46. The smallest absolute Gasteiger partial charge is 0.115 e. The molecule has 0 bridgehead atoms. The van der Waals surface area contributed by atoms with Gasteiger partial charge in [-0.1, -0.05) is 39.3 Å². The van der Waals surface area contributed by atoms with Gasteiger partial charge < -0.3 is 10.4 Å². The van der Waals surface area contributed by atoms with Crippen LogP contribution in [0, 0.1) is 17.3 Å². The Morgan fingerprint density at radius 2 is 2.05 bits per heavy atom. The molecule has 3 unspecified atom stereocenters. The maximum Gasteiger partial charge on any atom is 0.115 e. The van der Waals surface area contributed by atoms with E-state index in [1.54, 1.807) is 6.07 Å². The van der Waals surface area contributed by atoms with Crippen LogP contribution < -0.4 is 5.32 Å². The fourth-order valence-electron chi connectivity index (χ4n) is 3.96. The first-order valence-electron chi connectivity index (χ1n) is 7.87. The van der Waals surface area contributed by atoms with Gasteiger partial charge in [0.15, 0.2) is 0 Å². The molecular weight excluding hydrogens is 246 g/mol. The van der Waals surface area contributed by atoms with Crippen molar-refractivity contribution in [3.63, 3.8) is 0 Å². The lowest BCUT2D eigenvalue weighted by Gasteiger charge is -2.44. The average molecular weight is 275 g/mol. The van der Waals surface area contributed by atoms with E-state index in [-0.39, 0.29) is 5.41 Å². The largest absolute Gasteiger partial charge is 0.508 e. The highest BCUT2D eigenvalue weighted by molar-refractivity contribution is 5.28. The Balaban J connectivity index is 2.12. The van der Waals surface area contributed by atoms with E-state index in [9.17, 15) is 5.11 Å². The Hall–Kier alpha value is -1.02. The minimum absolute atomic E-state index is 0.252. The summed E-state index contributed by atoms with van der Waals surface area (Å²) in [7, 11) is 2.10.